The van der Waals surface area contributed by atoms with Crippen molar-refractivity contribution in [1.29, 1.82) is 0 Å². The number of hydrogen-bond donors (Lipinski definition) is 1. The van der Waals surface area contributed by atoms with Crippen molar-refractivity contribution >= 4 is 0 Å². The van der Waals surface area contributed by atoms with E-state index in [2.05, 4.69) is 28.8 Å². The van der Waals surface area contributed by atoms with E-state index >= 15 is 0 Å². The molecule has 1 aliphatic heterocycles. The van der Waals surface area contributed by atoms with E-state index in [-0.39, 0.29) is 6.10 Å². The second kappa shape index (κ2) is 5.19. The Balaban J connectivity index is 1.80. The molecule has 1 aromatic carbocycles. The average molecular weight is 257 g/mol. The van der Waals surface area contributed by atoms with Gasteiger partial charge in [0.15, 0.2) is 0 Å². The van der Waals surface area contributed by atoms with E-state index in [0.717, 1.165) is 25.1 Å². The van der Waals surface area contributed by atoms with Crippen molar-refractivity contribution in [3.8, 4) is 0 Å². The molecule has 1 N–H and O–H groups in total. The highest BCUT2D eigenvalue weighted by Crippen LogP contribution is 2.28. The number of aromatic nitrogens is 1. The van der Waals surface area contributed by atoms with E-state index in [0.29, 0.717) is 0 Å². The number of aliphatic hydroxyl groups is 1. The van der Waals surface area contributed by atoms with Crippen LogP contribution < -0.4 is 0 Å². The molecule has 0 spiro atoms. The number of fused-ring (bicyclic) bond motifs is 1. The van der Waals surface area contributed by atoms with Gasteiger partial charge in [0.05, 0.1) is 19.3 Å². The molecule has 1 aromatic heterocycles. The Hall–Kier alpha value is -1.58. The van der Waals surface area contributed by atoms with Crippen molar-refractivity contribution in [3.63, 3.8) is 0 Å². The molecular formula is C16H19NO2. The predicted molar refractivity (Wildman–Crippen MR) is 73.9 cm³/mol. The first kappa shape index (κ1) is 12.5. The van der Waals surface area contributed by atoms with Crippen LogP contribution in [-0.4, -0.2) is 16.3 Å². The first-order chi connectivity index (χ1) is 9.24. The summed E-state index contributed by atoms with van der Waals surface area (Å²) in [5.74, 6) is 0. The summed E-state index contributed by atoms with van der Waals surface area (Å²) in [6.07, 6.45) is 4.69. The lowest BCUT2D eigenvalue weighted by atomic mass is 9.97. The number of hydrogen-bond acceptors (Lipinski definition) is 2. The molecule has 3 rings (SSSR count). The number of rotatable bonds is 3. The molecule has 0 saturated heterocycles. The summed E-state index contributed by atoms with van der Waals surface area (Å²) >= 11 is 0. The highest BCUT2D eigenvalue weighted by atomic mass is 16.5. The smallest absolute Gasteiger partial charge is 0.101 e. The van der Waals surface area contributed by atoms with Crippen molar-refractivity contribution < 1.29 is 9.84 Å². The van der Waals surface area contributed by atoms with Crippen LogP contribution in [0.25, 0.3) is 0 Å². The summed E-state index contributed by atoms with van der Waals surface area (Å²) in [7, 11) is 0. The van der Waals surface area contributed by atoms with Gasteiger partial charge in [-0.15, -0.1) is 0 Å². The normalized spacial score (nSPS) is 20.0. The van der Waals surface area contributed by atoms with Crippen molar-refractivity contribution in [2.24, 2.45) is 0 Å². The fourth-order valence-electron chi connectivity index (χ4n) is 2.64. The van der Waals surface area contributed by atoms with Gasteiger partial charge >= 0.3 is 0 Å². The van der Waals surface area contributed by atoms with Crippen LogP contribution in [0.4, 0.5) is 0 Å². The van der Waals surface area contributed by atoms with Gasteiger partial charge in [-0.25, -0.2) is 0 Å². The first-order valence-electron chi connectivity index (χ1n) is 6.77. The minimum Gasteiger partial charge on any atom is -0.389 e. The number of benzene rings is 1. The quantitative estimate of drug-likeness (QED) is 0.917. The molecular weight excluding hydrogens is 238 g/mol. The van der Waals surface area contributed by atoms with Crippen LogP contribution in [0.5, 0.6) is 0 Å². The Morgan fingerprint density at radius 2 is 2.21 bits per heavy atom. The molecule has 0 aliphatic carbocycles. The molecule has 1 aliphatic rings. The van der Waals surface area contributed by atoms with Gasteiger partial charge in [0.25, 0.3) is 0 Å². The Morgan fingerprint density at radius 1 is 1.37 bits per heavy atom. The van der Waals surface area contributed by atoms with Crippen LogP contribution in [0.3, 0.4) is 0 Å². The summed E-state index contributed by atoms with van der Waals surface area (Å²) < 4.78 is 7.99. The molecule has 0 radical (unpaired) electrons. The third-order valence-electron chi connectivity index (χ3n) is 3.72. The highest BCUT2D eigenvalue weighted by molar-refractivity contribution is 5.31. The van der Waals surface area contributed by atoms with Gasteiger partial charge in [0.1, 0.15) is 6.10 Å². The molecule has 3 heteroatoms. The van der Waals surface area contributed by atoms with Crippen molar-refractivity contribution in [2.45, 2.75) is 32.1 Å². The second-order valence-corrected chi connectivity index (χ2v) is 5.13. The van der Waals surface area contributed by atoms with Gasteiger partial charge in [-0.05, 0) is 36.1 Å². The van der Waals surface area contributed by atoms with Crippen LogP contribution in [0, 0.1) is 0 Å². The van der Waals surface area contributed by atoms with Gasteiger partial charge in [-0.1, -0.05) is 24.3 Å². The third-order valence-corrected chi connectivity index (χ3v) is 3.72. The van der Waals surface area contributed by atoms with Crippen LogP contribution in [0.2, 0.25) is 0 Å². The standard InChI is InChI=1S/C16H19NO2/c1-12(18)14-6-8-17(10-14)11-16-15-5-3-2-4-13(15)7-9-19-16/h2-6,8,10,12,16,18H,7,9,11H2,1H3. The first-order valence-corrected chi connectivity index (χ1v) is 6.77. The average Bonchev–Trinajstić information content (AvgIpc) is 2.88. The maximum atomic E-state index is 9.56. The zero-order valence-electron chi connectivity index (χ0n) is 11.1. The van der Waals surface area contributed by atoms with Crippen LogP contribution in [-0.2, 0) is 17.7 Å². The van der Waals surface area contributed by atoms with Crippen LogP contribution >= 0.6 is 0 Å². The maximum absolute atomic E-state index is 9.56. The Kier molecular flexibility index (Phi) is 3.40. The van der Waals surface area contributed by atoms with Crippen molar-refractivity contribution in [1.82, 2.24) is 4.57 Å². The lowest BCUT2D eigenvalue weighted by Gasteiger charge is -2.26. The molecule has 0 bridgehead atoms. The van der Waals surface area contributed by atoms with Crippen LogP contribution in [0.15, 0.2) is 42.7 Å². The summed E-state index contributed by atoms with van der Waals surface area (Å²) in [6.45, 7) is 3.36. The number of ether oxygens (including phenoxy) is 1. The number of nitrogens with zero attached hydrogens (tertiary/aromatic N) is 1. The zero-order chi connectivity index (χ0) is 13.2. The van der Waals surface area contributed by atoms with E-state index in [1.165, 1.54) is 11.1 Å². The fourth-order valence-corrected chi connectivity index (χ4v) is 2.64. The minimum atomic E-state index is -0.416. The van der Waals surface area contributed by atoms with E-state index in [1.807, 2.05) is 18.5 Å². The van der Waals surface area contributed by atoms with Crippen LogP contribution in [0.1, 0.15) is 35.8 Å². The summed E-state index contributed by atoms with van der Waals surface area (Å²) in [4.78, 5) is 0. The minimum absolute atomic E-state index is 0.110. The molecule has 0 amide bonds. The van der Waals surface area contributed by atoms with Crippen molar-refractivity contribution in [3.05, 3.63) is 59.4 Å². The molecule has 0 saturated carbocycles. The topological polar surface area (TPSA) is 34.4 Å². The molecule has 100 valence electrons. The fraction of sp³-hybridized carbons (Fsp3) is 0.375. The highest BCUT2D eigenvalue weighted by Gasteiger charge is 2.20. The van der Waals surface area contributed by atoms with Gasteiger partial charge < -0.3 is 14.4 Å². The van der Waals surface area contributed by atoms with E-state index in [9.17, 15) is 5.11 Å². The number of aliphatic hydroxyl groups excluding tert-OH is 1. The van der Waals surface area contributed by atoms with E-state index in [1.54, 1.807) is 6.92 Å². The summed E-state index contributed by atoms with van der Waals surface area (Å²) in [5.41, 5.74) is 3.63. The molecule has 2 unspecified atom stereocenters. The Morgan fingerprint density at radius 3 is 3.00 bits per heavy atom. The third kappa shape index (κ3) is 2.57. The lowest BCUT2D eigenvalue weighted by Crippen LogP contribution is -2.20. The summed E-state index contributed by atoms with van der Waals surface area (Å²) in [5, 5.41) is 9.56. The van der Waals surface area contributed by atoms with Gasteiger partial charge in [-0.3, -0.25) is 0 Å². The largest absolute Gasteiger partial charge is 0.389 e. The lowest BCUT2D eigenvalue weighted by molar-refractivity contribution is 0.0306. The Labute approximate surface area is 113 Å². The van der Waals surface area contributed by atoms with Crippen molar-refractivity contribution in [2.75, 3.05) is 6.61 Å². The Bertz CT molecular complexity index is 559. The molecule has 2 aromatic rings. The molecule has 2 atom stereocenters. The van der Waals surface area contributed by atoms with E-state index in [4.69, 9.17) is 4.74 Å². The zero-order valence-corrected chi connectivity index (χ0v) is 11.1. The second-order valence-electron chi connectivity index (χ2n) is 5.13. The summed E-state index contributed by atoms with van der Waals surface area (Å²) in [6, 6.07) is 10.4. The molecule has 2 heterocycles. The molecule has 19 heavy (non-hydrogen) atoms. The maximum Gasteiger partial charge on any atom is 0.101 e. The SMILES string of the molecule is CC(O)c1ccn(CC2OCCc3ccccc32)c1. The van der Waals surface area contributed by atoms with Gasteiger partial charge in [-0.2, -0.15) is 0 Å². The molecule has 0 fully saturated rings. The van der Waals surface area contributed by atoms with Gasteiger partial charge in [0.2, 0.25) is 0 Å². The van der Waals surface area contributed by atoms with E-state index < -0.39 is 6.10 Å². The predicted octanol–water partition coefficient (Wildman–Crippen LogP) is 2.86. The van der Waals surface area contributed by atoms with Gasteiger partial charge in [0, 0.05) is 12.4 Å². The monoisotopic (exact) mass is 257 g/mol. The molecule has 3 nitrogen and oxygen atoms in total.